The number of nitrogens with zero attached hydrogens (tertiary/aromatic N) is 2. The van der Waals surface area contributed by atoms with E-state index in [2.05, 4.69) is 20.9 Å². The van der Waals surface area contributed by atoms with Crippen molar-refractivity contribution >= 4 is 56.5 Å². The second kappa shape index (κ2) is 10.7. The predicted molar refractivity (Wildman–Crippen MR) is 130 cm³/mol. The molecule has 0 N–H and O–H groups in total. The van der Waals surface area contributed by atoms with E-state index in [1.54, 1.807) is 51.4 Å². The Hall–Kier alpha value is -2.78. The van der Waals surface area contributed by atoms with Gasteiger partial charge in [-0.1, -0.05) is 0 Å². The van der Waals surface area contributed by atoms with Gasteiger partial charge in [0, 0.05) is 7.05 Å². The Kier molecular flexibility index (Phi) is 7.98. The van der Waals surface area contributed by atoms with Gasteiger partial charge in [0.25, 0.3) is 5.91 Å². The monoisotopic (exact) mass is 518 g/mol. The van der Waals surface area contributed by atoms with Gasteiger partial charge >= 0.3 is 5.97 Å². The number of carbonyl (C=O) groups excluding carboxylic acids is 2. The van der Waals surface area contributed by atoms with E-state index in [9.17, 15) is 9.59 Å². The van der Waals surface area contributed by atoms with E-state index < -0.39 is 0 Å². The molecule has 1 saturated heterocycles. The first-order valence-corrected chi connectivity index (χ1v) is 11.5. The summed E-state index contributed by atoms with van der Waals surface area (Å²) in [5.41, 5.74) is 1.88. The first kappa shape index (κ1) is 23.9. The van der Waals surface area contributed by atoms with Crippen LogP contribution in [-0.4, -0.2) is 49.3 Å². The molecule has 3 rings (SSSR count). The zero-order chi connectivity index (χ0) is 23.3. The van der Waals surface area contributed by atoms with Crippen LogP contribution in [0.15, 0.2) is 50.8 Å². The number of hydrogen-bond acceptors (Lipinski definition) is 7. The number of methoxy groups -OCH3 is 1. The van der Waals surface area contributed by atoms with Crippen molar-refractivity contribution in [2.75, 3.05) is 27.4 Å². The fourth-order valence-corrected chi connectivity index (χ4v) is 4.47. The average Bonchev–Trinajstić information content (AvgIpc) is 3.03. The van der Waals surface area contributed by atoms with Crippen molar-refractivity contribution in [2.24, 2.45) is 4.99 Å². The molecule has 0 radical (unpaired) electrons. The molecule has 0 atom stereocenters. The summed E-state index contributed by atoms with van der Waals surface area (Å²) in [6.07, 6.45) is 1.79. The van der Waals surface area contributed by atoms with E-state index in [1.165, 1.54) is 16.7 Å². The molecule has 0 bridgehead atoms. The highest BCUT2D eigenvalue weighted by molar-refractivity contribution is 9.10. The molecular weight excluding hydrogens is 496 g/mol. The molecule has 0 saturated carbocycles. The van der Waals surface area contributed by atoms with Gasteiger partial charge in [-0.15, -0.1) is 0 Å². The van der Waals surface area contributed by atoms with Crippen LogP contribution in [0.3, 0.4) is 0 Å². The third-order valence-electron chi connectivity index (χ3n) is 4.44. The van der Waals surface area contributed by atoms with Gasteiger partial charge in [0.05, 0.1) is 41.0 Å². The van der Waals surface area contributed by atoms with Crippen LogP contribution in [-0.2, 0) is 9.53 Å². The summed E-state index contributed by atoms with van der Waals surface area (Å²) in [6, 6.07) is 10.4. The van der Waals surface area contributed by atoms with E-state index in [1.807, 2.05) is 19.1 Å². The summed E-state index contributed by atoms with van der Waals surface area (Å²) in [6.45, 7) is 4.49. The number of ether oxygens (including phenoxy) is 3. The minimum atomic E-state index is -0.378. The maximum Gasteiger partial charge on any atom is 0.338 e. The van der Waals surface area contributed by atoms with Gasteiger partial charge in [-0.05, 0) is 89.6 Å². The highest BCUT2D eigenvalue weighted by Crippen LogP contribution is 2.39. The van der Waals surface area contributed by atoms with Crippen LogP contribution in [0.2, 0.25) is 0 Å². The number of esters is 1. The minimum Gasteiger partial charge on any atom is -0.493 e. The van der Waals surface area contributed by atoms with E-state index in [4.69, 9.17) is 14.2 Å². The Labute approximate surface area is 199 Å². The van der Waals surface area contributed by atoms with Crippen LogP contribution in [0.1, 0.15) is 29.8 Å². The highest BCUT2D eigenvalue weighted by atomic mass is 79.9. The third kappa shape index (κ3) is 5.34. The molecular formula is C23H23BrN2O5S. The van der Waals surface area contributed by atoms with Gasteiger partial charge in [0.2, 0.25) is 0 Å². The van der Waals surface area contributed by atoms with E-state index in [-0.39, 0.29) is 11.9 Å². The third-order valence-corrected chi connectivity index (χ3v) is 6.09. The zero-order valence-electron chi connectivity index (χ0n) is 18.2. The highest BCUT2D eigenvalue weighted by Gasteiger charge is 2.30. The SMILES string of the molecule is CCOC(=O)c1ccc(N=C2SC(=Cc3cc(Br)c(OCC)c(OC)c3)C(=O)N2C)cc1. The molecule has 0 unspecified atom stereocenters. The molecule has 1 aliphatic rings. The van der Waals surface area contributed by atoms with Gasteiger partial charge in [0.1, 0.15) is 0 Å². The van der Waals surface area contributed by atoms with Crippen LogP contribution in [0.4, 0.5) is 5.69 Å². The Morgan fingerprint density at radius 1 is 1.19 bits per heavy atom. The van der Waals surface area contributed by atoms with E-state index >= 15 is 0 Å². The number of amidine groups is 1. The van der Waals surface area contributed by atoms with Crippen molar-refractivity contribution in [1.82, 2.24) is 4.90 Å². The Balaban J connectivity index is 1.85. The Morgan fingerprint density at radius 3 is 2.53 bits per heavy atom. The van der Waals surface area contributed by atoms with Crippen molar-refractivity contribution in [1.29, 1.82) is 0 Å². The van der Waals surface area contributed by atoms with Gasteiger partial charge in [0.15, 0.2) is 16.7 Å². The number of thioether (sulfide) groups is 1. The number of halogens is 1. The molecule has 7 nitrogen and oxygen atoms in total. The molecule has 1 aliphatic heterocycles. The summed E-state index contributed by atoms with van der Waals surface area (Å²) < 4.78 is 16.8. The lowest BCUT2D eigenvalue weighted by Gasteiger charge is -2.12. The standard InChI is InChI=1S/C23H23BrN2O5S/c1-5-30-20-17(24)11-14(12-18(20)29-4)13-19-21(27)26(3)23(32-19)25-16-9-7-15(8-10-16)22(28)31-6-2/h7-13H,5-6H2,1-4H3. The fourth-order valence-electron chi connectivity index (χ4n) is 2.91. The maximum atomic E-state index is 12.8. The van der Waals surface area contributed by atoms with Crippen molar-refractivity contribution in [3.05, 3.63) is 56.9 Å². The predicted octanol–water partition coefficient (Wildman–Crippen LogP) is 5.27. The van der Waals surface area contributed by atoms with Gasteiger partial charge in [-0.25, -0.2) is 9.79 Å². The van der Waals surface area contributed by atoms with Crippen molar-refractivity contribution in [3.8, 4) is 11.5 Å². The molecule has 32 heavy (non-hydrogen) atoms. The Bertz CT molecular complexity index is 1080. The normalized spacial score (nSPS) is 16.0. The van der Waals surface area contributed by atoms with Crippen LogP contribution in [0.5, 0.6) is 11.5 Å². The second-order valence-corrected chi connectivity index (χ2v) is 8.47. The number of carbonyl (C=O) groups is 2. The minimum absolute atomic E-state index is 0.152. The topological polar surface area (TPSA) is 77.4 Å². The number of likely N-dealkylation sites (N-methyl/N-ethyl adjacent to an activating group) is 1. The second-order valence-electron chi connectivity index (χ2n) is 6.60. The molecule has 2 aromatic rings. The summed E-state index contributed by atoms with van der Waals surface area (Å²) in [5, 5.41) is 0.544. The first-order chi connectivity index (χ1) is 15.4. The lowest BCUT2D eigenvalue weighted by molar-refractivity contribution is -0.121. The van der Waals surface area contributed by atoms with E-state index in [0.29, 0.717) is 46.0 Å². The molecule has 0 aromatic heterocycles. The quantitative estimate of drug-likeness (QED) is 0.367. The van der Waals surface area contributed by atoms with Crippen molar-refractivity contribution < 1.29 is 23.8 Å². The van der Waals surface area contributed by atoms with Crippen LogP contribution in [0, 0.1) is 0 Å². The van der Waals surface area contributed by atoms with Crippen LogP contribution >= 0.6 is 27.7 Å². The van der Waals surface area contributed by atoms with Crippen LogP contribution in [0.25, 0.3) is 6.08 Å². The lowest BCUT2D eigenvalue weighted by atomic mass is 10.2. The summed E-state index contributed by atoms with van der Waals surface area (Å²) in [4.78, 5) is 31.1. The number of aliphatic imine (C=N–C) groups is 1. The summed E-state index contributed by atoms with van der Waals surface area (Å²) in [7, 11) is 3.25. The number of hydrogen-bond donors (Lipinski definition) is 0. The molecule has 168 valence electrons. The molecule has 2 aromatic carbocycles. The van der Waals surface area contributed by atoms with Gasteiger partial charge < -0.3 is 14.2 Å². The molecule has 1 amide bonds. The molecule has 9 heteroatoms. The maximum absolute atomic E-state index is 12.8. The molecule has 1 heterocycles. The van der Waals surface area contributed by atoms with E-state index in [0.717, 1.165) is 10.0 Å². The van der Waals surface area contributed by atoms with Crippen molar-refractivity contribution in [3.63, 3.8) is 0 Å². The number of rotatable bonds is 7. The average molecular weight is 519 g/mol. The van der Waals surface area contributed by atoms with Gasteiger partial charge in [-0.2, -0.15) is 0 Å². The number of amides is 1. The smallest absolute Gasteiger partial charge is 0.338 e. The largest absolute Gasteiger partial charge is 0.493 e. The fraction of sp³-hybridized carbons (Fsp3) is 0.261. The molecule has 0 aliphatic carbocycles. The molecule has 0 spiro atoms. The van der Waals surface area contributed by atoms with Crippen molar-refractivity contribution in [2.45, 2.75) is 13.8 Å². The molecule has 1 fully saturated rings. The summed E-state index contributed by atoms with van der Waals surface area (Å²) in [5.74, 6) is 0.665. The Morgan fingerprint density at radius 2 is 1.91 bits per heavy atom. The number of benzene rings is 2. The first-order valence-electron chi connectivity index (χ1n) is 9.91. The summed E-state index contributed by atoms with van der Waals surface area (Å²) >= 11 is 4.78. The van der Waals surface area contributed by atoms with Crippen LogP contribution < -0.4 is 9.47 Å². The zero-order valence-corrected chi connectivity index (χ0v) is 20.6. The lowest BCUT2D eigenvalue weighted by Crippen LogP contribution is -2.23. The van der Waals surface area contributed by atoms with Gasteiger partial charge in [-0.3, -0.25) is 9.69 Å².